The third-order valence-corrected chi connectivity index (χ3v) is 5.37. The van der Waals surface area contributed by atoms with E-state index in [1.54, 1.807) is 13.2 Å². The number of unbranched alkanes of at least 4 members (excludes halogenated alkanes) is 1. The fraction of sp³-hybridized carbons (Fsp3) is 0.579. The van der Waals surface area contributed by atoms with Gasteiger partial charge in [0.2, 0.25) is 0 Å². The summed E-state index contributed by atoms with van der Waals surface area (Å²) < 4.78 is 5.27. The first kappa shape index (κ1) is 18.0. The number of carbonyl (C=O) groups excluding carboxylic acids is 2. The molecule has 23 heavy (non-hydrogen) atoms. The van der Waals surface area contributed by atoms with E-state index in [2.05, 4.69) is 6.92 Å². The van der Waals surface area contributed by atoms with Crippen LogP contribution >= 0.6 is 11.6 Å². The lowest BCUT2D eigenvalue weighted by Crippen LogP contribution is -2.29. The molecule has 3 nitrogen and oxygen atoms in total. The maximum absolute atomic E-state index is 13.1. The molecule has 0 N–H and O–H groups in total. The zero-order valence-electron chi connectivity index (χ0n) is 14.2. The first-order valence-corrected chi connectivity index (χ1v) is 8.78. The van der Waals surface area contributed by atoms with E-state index >= 15 is 0 Å². The normalized spacial score (nSPS) is 19.7. The van der Waals surface area contributed by atoms with Gasteiger partial charge < -0.3 is 4.74 Å². The summed E-state index contributed by atoms with van der Waals surface area (Å²) in [7, 11) is 1.58. The number of ketones is 2. The number of fused-ring (bicyclic) bond motifs is 1. The molecule has 1 aliphatic carbocycles. The summed E-state index contributed by atoms with van der Waals surface area (Å²) in [6.45, 7) is 3.99. The van der Waals surface area contributed by atoms with Crippen LogP contribution in [-0.2, 0) is 11.2 Å². The molecule has 0 bridgehead atoms. The lowest BCUT2D eigenvalue weighted by molar-refractivity contribution is -0.119. The summed E-state index contributed by atoms with van der Waals surface area (Å²) in [6.07, 6.45) is 5.06. The molecule has 1 atom stereocenters. The predicted molar refractivity (Wildman–Crippen MR) is 92.5 cm³/mol. The Morgan fingerprint density at radius 2 is 2.04 bits per heavy atom. The number of rotatable bonds is 8. The molecule has 0 spiro atoms. The molecule has 1 aromatic carbocycles. The van der Waals surface area contributed by atoms with Crippen molar-refractivity contribution in [2.45, 2.75) is 58.8 Å². The molecule has 0 radical (unpaired) electrons. The van der Waals surface area contributed by atoms with E-state index in [9.17, 15) is 9.59 Å². The molecule has 0 aliphatic heterocycles. The van der Waals surface area contributed by atoms with Crippen LogP contribution in [-0.4, -0.2) is 18.7 Å². The lowest BCUT2D eigenvalue weighted by atomic mass is 9.74. The SMILES string of the molecule is CCCCC1(CCC(=O)CC)Cc2c(ccc(OC)c2Cl)C1=O. The topological polar surface area (TPSA) is 43.4 Å². The van der Waals surface area contributed by atoms with E-state index in [4.69, 9.17) is 16.3 Å². The minimum atomic E-state index is -0.473. The van der Waals surface area contributed by atoms with Crippen LogP contribution in [0.3, 0.4) is 0 Å². The van der Waals surface area contributed by atoms with Crippen molar-refractivity contribution in [1.29, 1.82) is 0 Å². The molecule has 0 saturated carbocycles. The second-order valence-corrected chi connectivity index (χ2v) is 6.77. The van der Waals surface area contributed by atoms with Crippen LogP contribution in [0.15, 0.2) is 12.1 Å². The van der Waals surface area contributed by atoms with Gasteiger partial charge in [0, 0.05) is 23.8 Å². The van der Waals surface area contributed by atoms with Crippen molar-refractivity contribution in [3.63, 3.8) is 0 Å². The van der Waals surface area contributed by atoms with Crippen molar-refractivity contribution in [2.24, 2.45) is 5.41 Å². The molecule has 126 valence electrons. The van der Waals surface area contributed by atoms with E-state index in [0.717, 1.165) is 24.8 Å². The summed E-state index contributed by atoms with van der Waals surface area (Å²) in [6, 6.07) is 3.57. The number of Topliss-reactive ketones (excluding diaryl/α,β-unsaturated/α-hetero) is 2. The molecule has 1 unspecified atom stereocenters. The first-order chi connectivity index (χ1) is 11.0. The summed E-state index contributed by atoms with van der Waals surface area (Å²) in [5, 5.41) is 0.540. The van der Waals surface area contributed by atoms with Crippen LogP contribution in [0.1, 0.15) is 68.3 Å². The Kier molecular flexibility index (Phi) is 5.85. The Morgan fingerprint density at radius 1 is 1.30 bits per heavy atom. The highest BCUT2D eigenvalue weighted by Crippen LogP contribution is 2.48. The first-order valence-electron chi connectivity index (χ1n) is 8.41. The van der Waals surface area contributed by atoms with Gasteiger partial charge in [-0.3, -0.25) is 9.59 Å². The van der Waals surface area contributed by atoms with E-state index in [-0.39, 0.29) is 11.6 Å². The fourth-order valence-electron chi connectivity index (χ4n) is 3.45. The number of hydrogen-bond donors (Lipinski definition) is 0. The van der Waals surface area contributed by atoms with Crippen LogP contribution in [0.5, 0.6) is 5.75 Å². The van der Waals surface area contributed by atoms with Crippen molar-refractivity contribution in [3.05, 3.63) is 28.3 Å². The average Bonchev–Trinajstić information content (AvgIpc) is 2.85. The third-order valence-electron chi connectivity index (χ3n) is 4.95. The van der Waals surface area contributed by atoms with Crippen molar-refractivity contribution >= 4 is 23.2 Å². The van der Waals surface area contributed by atoms with Crippen molar-refractivity contribution in [2.75, 3.05) is 7.11 Å². The van der Waals surface area contributed by atoms with E-state index < -0.39 is 5.41 Å². The standard InChI is InChI=1S/C19H25ClO3/c1-4-6-10-19(11-9-13(21)5-2)12-15-14(18(19)22)7-8-16(23-3)17(15)20/h7-8H,4-6,9-12H2,1-3H3. The molecular weight excluding hydrogens is 312 g/mol. The van der Waals surface area contributed by atoms with Crippen molar-refractivity contribution in [1.82, 2.24) is 0 Å². The second kappa shape index (κ2) is 7.48. The van der Waals surface area contributed by atoms with Gasteiger partial charge in [-0.1, -0.05) is 38.3 Å². The molecule has 0 heterocycles. The summed E-state index contributed by atoms with van der Waals surface area (Å²) >= 11 is 6.43. The van der Waals surface area contributed by atoms with Crippen molar-refractivity contribution in [3.8, 4) is 5.75 Å². The number of methoxy groups -OCH3 is 1. The third kappa shape index (κ3) is 3.45. The molecule has 2 rings (SSSR count). The molecule has 0 fully saturated rings. The molecular formula is C19H25ClO3. The van der Waals surface area contributed by atoms with Gasteiger partial charge >= 0.3 is 0 Å². The summed E-state index contributed by atoms with van der Waals surface area (Å²) in [5.74, 6) is 0.969. The van der Waals surface area contributed by atoms with Crippen molar-refractivity contribution < 1.29 is 14.3 Å². The molecule has 0 aromatic heterocycles. The Labute approximate surface area is 143 Å². The maximum Gasteiger partial charge on any atom is 0.169 e. The fourth-order valence-corrected chi connectivity index (χ4v) is 3.76. The van der Waals surface area contributed by atoms with E-state index in [0.29, 0.717) is 42.0 Å². The Balaban J connectivity index is 2.35. The second-order valence-electron chi connectivity index (χ2n) is 6.39. The zero-order valence-corrected chi connectivity index (χ0v) is 15.0. The van der Waals surface area contributed by atoms with Gasteiger partial charge in [0.15, 0.2) is 5.78 Å². The number of hydrogen-bond acceptors (Lipinski definition) is 3. The van der Waals surface area contributed by atoms with Gasteiger partial charge in [0.25, 0.3) is 0 Å². The Bertz CT molecular complexity index is 609. The summed E-state index contributed by atoms with van der Waals surface area (Å²) in [4.78, 5) is 24.8. The molecule has 1 aromatic rings. The highest BCUT2D eigenvalue weighted by molar-refractivity contribution is 6.33. The van der Waals surface area contributed by atoms with Crippen LogP contribution in [0, 0.1) is 5.41 Å². The van der Waals surface area contributed by atoms with E-state index in [1.165, 1.54) is 0 Å². The largest absolute Gasteiger partial charge is 0.495 e. The number of ether oxygens (including phenoxy) is 1. The van der Waals surface area contributed by atoms with Gasteiger partial charge in [0.05, 0.1) is 12.1 Å². The molecule has 0 amide bonds. The van der Waals surface area contributed by atoms with Gasteiger partial charge in [-0.25, -0.2) is 0 Å². The predicted octanol–water partition coefficient (Wildman–Crippen LogP) is 5.02. The van der Waals surface area contributed by atoms with Gasteiger partial charge in [-0.2, -0.15) is 0 Å². The maximum atomic E-state index is 13.1. The summed E-state index contributed by atoms with van der Waals surface area (Å²) in [5.41, 5.74) is 1.12. The smallest absolute Gasteiger partial charge is 0.169 e. The Hall–Kier alpha value is -1.35. The minimum absolute atomic E-state index is 0.148. The highest BCUT2D eigenvalue weighted by Gasteiger charge is 2.45. The number of carbonyl (C=O) groups is 2. The minimum Gasteiger partial charge on any atom is -0.495 e. The Morgan fingerprint density at radius 3 is 2.65 bits per heavy atom. The van der Waals surface area contributed by atoms with Gasteiger partial charge in [-0.05, 0) is 37.0 Å². The molecule has 1 aliphatic rings. The number of halogens is 1. The van der Waals surface area contributed by atoms with Crippen LogP contribution in [0.2, 0.25) is 5.02 Å². The van der Waals surface area contributed by atoms with Gasteiger partial charge in [0.1, 0.15) is 11.5 Å². The van der Waals surface area contributed by atoms with E-state index in [1.807, 2.05) is 13.0 Å². The average molecular weight is 337 g/mol. The van der Waals surface area contributed by atoms with Crippen LogP contribution < -0.4 is 4.74 Å². The highest BCUT2D eigenvalue weighted by atomic mass is 35.5. The quantitative estimate of drug-likeness (QED) is 0.669. The molecule has 4 heteroatoms. The van der Waals surface area contributed by atoms with Crippen LogP contribution in [0.25, 0.3) is 0 Å². The lowest BCUT2D eigenvalue weighted by Gasteiger charge is -2.27. The van der Waals surface area contributed by atoms with Gasteiger partial charge in [-0.15, -0.1) is 0 Å². The molecule has 0 saturated heterocycles. The monoisotopic (exact) mass is 336 g/mol. The zero-order chi connectivity index (χ0) is 17.0. The van der Waals surface area contributed by atoms with Crippen LogP contribution in [0.4, 0.5) is 0 Å². The number of benzene rings is 1.